The fraction of sp³-hybridized carbons (Fsp3) is 0.259. The van der Waals surface area contributed by atoms with Crippen molar-refractivity contribution < 1.29 is 4.74 Å². The van der Waals surface area contributed by atoms with Crippen LogP contribution >= 0.6 is 11.6 Å². The van der Waals surface area contributed by atoms with Gasteiger partial charge in [0.05, 0.1) is 22.8 Å². The summed E-state index contributed by atoms with van der Waals surface area (Å²) in [5, 5.41) is 5.19. The van der Waals surface area contributed by atoms with Gasteiger partial charge in [-0.05, 0) is 55.8 Å². The molecule has 0 saturated carbocycles. The molecule has 2 aromatic carbocycles. The number of pyridine rings is 1. The molecule has 182 valence electrons. The van der Waals surface area contributed by atoms with Gasteiger partial charge in [-0.25, -0.2) is 15.0 Å². The van der Waals surface area contributed by atoms with Gasteiger partial charge in [0, 0.05) is 18.0 Å². The number of ether oxygens (including phenoxy) is 1. The second-order valence-corrected chi connectivity index (χ2v) is 9.39. The highest BCUT2D eigenvalue weighted by Gasteiger charge is 2.22. The molecule has 2 unspecified atom stereocenters. The third-order valence-electron chi connectivity index (χ3n) is 6.66. The number of para-hydroxylation sites is 1. The smallest absolute Gasteiger partial charge is 0.264 e. The second-order valence-electron chi connectivity index (χ2n) is 8.98. The summed E-state index contributed by atoms with van der Waals surface area (Å²) in [5.74, 6) is 0.598. The van der Waals surface area contributed by atoms with E-state index in [9.17, 15) is 4.79 Å². The van der Waals surface area contributed by atoms with E-state index in [4.69, 9.17) is 16.3 Å². The largest absolute Gasteiger partial charge is 0.360 e. The lowest BCUT2D eigenvalue weighted by atomic mass is 10.1. The molecule has 5 aromatic rings. The van der Waals surface area contributed by atoms with E-state index in [1.54, 1.807) is 17.0 Å². The molecule has 1 saturated heterocycles. The number of halogens is 1. The van der Waals surface area contributed by atoms with E-state index in [-0.39, 0.29) is 17.8 Å². The molecular formula is C27H25ClN6O2. The minimum Gasteiger partial charge on any atom is -0.360 e. The minimum absolute atomic E-state index is 0.0718. The Morgan fingerprint density at radius 3 is 2.75 bits per heavy atom. The number of anilines is 1. The number of fused-ring (bicyclic) bond motifs is 2. The van der Waals surface area contributed by atoms with E-state index < -0.39 is 0 Å². The molecule has 4 heterocycles. The zero-order valence-corrected chi connectivity index (χ0v) is 20.5. The number of nitrogens with one attached hydrogen (secondary N) is 1. The first kappa shape index (κ1) is 22.7. The molecule has 0 amide bonds. The number of aromatic nitrogens is 5. The van der Waals surface area contributed by atoms with Crippen LogP contribution in [0.3, 0.4) is 0 Å². The molecule has 1 N–H and O–H groups in total. The van der Waals surface area contributed by atoms with Gasteiger partial charge in [-0.3, -0.25) is 13.9 Å². The lowest BCUT2D eigenvalue weighted by Crippen LogP contribution is -2.26. The third-order valence-corrected chi connectivity index (χ3v) is 6.98. The summed E-state index contributed by atoms with van der Waals surface area (Å²) in [6.07, 6.45) is 6.34. The number of nitrogens with zero attached hydrogens (tertiary/aromatic N) is 5. The van der Waals surface area contributed by atoms with E-state index >= 15 is 0 Å². The van der Waals surface area contributed by atoms with Crippen LogP contribution in [0.4, 0.5) is 5.82 Å². The lowest BCUT2D eigenvalue weighted by Gasteiger charge is -2.24. The van der Waals surface area contributed by atoms with E-state index in [2.05, 4.69) is 20.3 Å². The van der Waals surface area contributed by atoms with Crippen molar-refractivity contribution >= 4 is 39.4 Å². The van der Waals surface area contributed by atoms with E-state index in [0.29, 0.717) is 21.7 Å². The standard InChI is InChI=1S/C27H25ClN6O2/c1-17(32-25-24-26(30-15-29-25)33(16-31-24)22-12-5-6-13-36-22)21-14-18-8-7-11-20(28)23(18)27(35)34(21)19-9-3-2-4-10-19/h2-4,7-11,14-17,22H,5-6,12-13H2,1H3,(H,29,30,32). The van der Waals surface area contributed by atoms with Crippen molar-refractivity contribution in [1.82, 2.24) is 24.1 Å². The normalized spacial score (nSPS) is 16.9. The molecule has 1 aliphatic heterocycles. The Bertz CT molecular complexity index is 1610. The van der Waals surface area contributed by atoms with E-state index in [0.717, 1.165) is 48.3 Å². The Labute approximate surface area is 212 Å². The molecule has 0 bridgehead atoms. The van der Waals surface area contributed by atoms with Crippen LogP contribution in [0.2, 0.25) is 5.02 Å². The summed E-state index contributed by atoms with van der Waals surface area (Å²) in [7, 11) is 0. The van der Waals surface area contributed by atoms with Gasteiger partial charge in [-0.2, -0.15) is 0 Å². The first-order chi connectivity index (χ1) is 17.6. The van der Waals surface area contributed by atoms with E-state index in [1.807, 2.05) is 60.0 Å². The first-order valence-corrected chi connectivity index (χ1v) is 12.4. The summed E-state index contributed by atoms with van der Waals surface area (Å²) < 4.78 is 9.63. The maximum Gasteiger partial charge on any atom is 0.264 e. The minimum atomic E-state index is -0.282. The van der Waals surface area contributed by atoms with Crippen LogP contribution in [0, 0.1) is 0 Å². The van der Waals surface area contributed by atoms with Crippen LogP contribution in [0.25, 0.3) is 27.6 Å². The molecule has 2 atom stereocenters. The Hall–Kier alpha value is -3.75. The zero-order valence-electron chi connectivity index (χ0n) is 19.8. The maximum absolute atomic E-state index is 13.7. The van der Waals surface area contributed by atoms with Gasteiger partial charge in [-0.1, -0.05) is 41.9 Å². The predicted molar refractivity (Wildman–Crippen MR) is 141 cm³/mol. The maximum atomic E-state index is 13.7. The average molecular weight is 501 g/mol. The highest BCUT2D eigenvalue weighted by molar-refractivity contribution is 6.35. The molecule has 36 heavy (non-hydrogen) atoms. The van der Waals surface area contributed by atoms with Crippen molar-refractivity contribution in [3.05, 3.63) is 88.3 Å². The lowest BCUT2D eigenvalue weighted by molar-refractivity contribution is -0.0298. The van der Waals surface area contributed by atoms with Gasteiger partial charge in [0.15, 0.2) is 17.0 Å². The average Bonchev–Trinajstić information content (AvgIpc) is 3.35. The van der Waals surface area contributed by atoms with Gasteiger partial charge >= 0.3 is 0 Å². The molecule has 0 radical (unpaired) electrons. The highest BCUT2D eigenvalue weighted by Crippen LogP contribution is 2.30. The monoisotopic (exact) mass is 500 g/mol. The quantitative estimate of drug-likeness (QED) is 0.335. The van der Waals surface area contributed by atoms with Gasteiger partial charge in [0.2, 0.25) is 0 Å². The van der Waals surface area contributed by atoms with Gasteiger partial charge in [0.25, 0.3) is 5.56 Å². The van der Waals surface area contributed by atoms with Crippen molar-refractivity contribution in [2.75, 3.05) is 11.9 Å². The van der Waals surface area contributed by atoms with Crippen molar-refractivity contribution in [1.29, 1.82) is 0 Å². The third kappa shape index (κ3) is 3.92. The fourth-order valence-electron chi connectivity index (χ4n) is 4.89. The molecule has 0 aliphatic carbocycles. The van der Waals surface area contributed by atoms with Gasteiger partial charge < -0.3 is 10.1 Å². The summed E-state index contributed by atoms with van der Waals surface area (Å²) in [5.41, 5.74) is 2.76. The highest BCUT2D eigenvalue weighted by atomic mass is 35.5. The number of hydrogen-bond donors (Lipinski definition) is 1. The van der Waals surface area contributed by atoms with Crippen molar-refractivity contribution in [3.8, 4) is 5.69 Å². The summed E-state index contributed by atoms with van der Waals surface area (Å²) >= 11 is 6.45. The molecular weight excluding hydrogens is 476 g/mol. The summed E-state index contributed by atoms with van der Waals surface area (Å²) in [6.45, 7) is 2.74. The van der Waals surface area contributed by atoms with Crippen LogP contribution < -0.4 is 10.9 Å². The Kier molecular flexibility index (Phi) is 5.91. The number of imidazole rings is 1. The molecule has 9 heteroatoms. The molecule has 1 fully saturated rings. The van der Waals surface area contributed by atoms with Gasteiger partial charge in [0.1, 0.15) is 12.6 Å². The molecule has 0 spiro atoms. The van der Waals surface area contributed by atoms with Crippen molar-refractivity contribution in [2.24, 2.45) is 0 Å². The molecule has 8 nitrogen and oxygen atoms in total. The predicted octanol–water partition coefficient (Wildman–Crippen LogP) is 5.66. The van der Waals surface area contributed by atoms with Gasteiger partial charge in [-0.15, -0.1) is 0 Å². The van der Waals surface area contributed by atoms with Crippen molar-refractivity contribution in [3.63, 3.8) is 0 Å². The second kappa shape index (κ2) is 9.37. The van der Waals surface area contributed by atoms with Crippen LogP contribution in [0.15, 0.2) is 72.0 Å². The van der Waals surface area contributed by atoms with Crippen molar-refractivity contribution in [2.45, 2.75) is 38.5 Å². The Morgan fingerprint density at radius 2 is 1.94 bits per heavy atom. The van der Waals surface area contributed by atoms with E-state index in [1.165, 1.54) is 6.33 Å². The van der Waals surface area contributed by atoms with Crippen LogP contribution in [0.1, 0.15) is 44.1 Å². The zero-order chi connectivity index (χ0) is 24.6. The summed E-state index contributed by atoms with van der Waals surface area (Å²) in [4.78, 5) is 27.3. The fourth-order valence-corrected chi connectivity index (χ4v) is 5.15. The van der Waals surface area contributed by atoms with Crippen LogP contribution in [-0.4, -0.2) is 30.7 Å². The van der Waals surface area contributed by atoms with Crippen LogP contribution in [-0.2, 0) is 4.74 Å². The molecule has 3 aromatic heterocycles. The molecule has 6 rings (SSSR count). The Balaban J connectivity index is 1.44. The number of benzene rings is 2. The first-order valence-electron chi connectivity index (χ1n) is 12.1. The Morgan fingerprint density at radius 1 is 1.08 bits per heavy atom. The molecule has 1 aliphatic rings. The topological polar surface area (TPSA) is 86.9 Å². The number of rotatable bonds is 5. The van der Waals surface area contributed by atoms with Crippen LogP contribution in [0.5, 0.6) is 0 Å². The SMILES string of the molecule is CC(Nc1ncnc2c1ncn2C1CCCCO1)c1cc2cccc(Cl)c2c(=O)n1-c1ccccc1. The summed E-state index contributed by atoms with van der Waals surface area (Å²) in [6, 6.07) is 16.8. The number of hydrogen-bond acceptors (Lipinski definition) is 6.